The third-order valence-electron chi connectivity index (χ3n) is 7.57. The Morgan fingerprint density at radius 2 is 1.92 bits per heavy atom. The molecule has 2 saturated heterocycles. The van der Waals surface area contributed by atoms with E-state index in [1.165, 1.54) is 6.07 Å². The number of nitrogens with zero attached hydrogens (tertiary/aromatic N) is 2. The molecule has 9 nitrogen and oxygen atoms in total. The van der Waals surface area contributed by atoms with Gasteiger partial charge in [0.1, 0.15) is 11.6 Å². The molecule has 3 heterocycles. The summed E-state index contributed by atoms with van der Waals surface area (Å²) in [4.78, 5) is 19.4. The van der Waals surface area contributed by atoms with Gasteiger partial charge in [-0.05, 0) is 63.3 Å². The minimum Gasteiger partial charge on any atom is -0.477 e. The van der Waals surface area contributed by atoms with Crippen LogP contribution in [0.5, 0.6) is 5.75 Å². The first-order valence-electron chi connectivity index (χ1n) is 12.9. The average molecular weight is 530 g/mol. The molecule has 10 heteroatoms. The van der Waals surface area contributed by atoms with Crippen LogP contribution in [0.3, 0.4) is 0 Å². The van der Waals surface area contributed by atoms with Crippen molar-refractivity contribution in [2.75, 3.05) is 24.6 Å². The highest BCUT2D eigenvalue weighted by Crippen LogP contribution is 2.45. The van der Waals surface area contributed by atoms with Crippen LogP contribution in [0.15, 0.2) is 41.4 Å². The van der Waals surface area contributed by atoms with E-state index in [1.54, 1.807) is 12.1 Å². The molecule has 1 aromatic carbocycles. The number of amides is 1. The highest BCUT2D eigenvalue weighted by Gasteiger charge is 2.55. The molecule has 2 aliphatic heterocycles. The van der Waals surface area contributed by atoms with Gasteiger partial charge < -0.3 is 19.5 Å². The maximum absolute atomic E-state index is 13.3. The number of aliphatic hydroxyl groups excluding tert-OH is 1. The molecule has 1 amide bonds. The number of anilines is 1. The van der Waals surface area contributed by atoms with Gasteiger partial charge in [0.25, 0.3) is 15.9 Å². The number of aryl methyl sites for hydroxylation is 1. The third-order valence-corrected chi connectivity index (χ3v) is 8.80. The summed E-state index contributed by atoms with van der Waals surface area (Å²) in [6, 6.07) is 10.5. The lowest BCUT2D eigenvalue weighted by Gasteiger charge is -2.36. The van der Waals surface area contributed by atoms with Crippen molar-refractivity contribution < 1.29 is 27.8 Å². The van der Waals surface area contributed by atoms with Gasteiger partial charge in [0, 0.05) is 31.8 Å². The zero-order valence-corrected chi connectivity index (χ0v) is 22.4. The van der Waals surface area contributed by atoms with Crippen molar-refractivity contribution in [3.63, 3.8) is 0 Å². The molecule has 3 fully saturated rings. The first kappa shape index (κ1) is 25.9. The fourth-order valence-electron chi connectivity index (χ4n) is 5.02. The van der Waals surface area contributed by atoms with Crippen molar-refractivity contribution in [2.45, 2.75) is 81.1 Å². The molecular formula is C27H35N3O6S. The molecule has 0 bridgehead atoms. The Morgan fingerprint density at radius 3 is 2.57 bits per heavy atom. The summed E-state index contributed by atoms with van der Waals surface area (Å²) in [6.07, 6.45) is 2.84. The second-order valence-corrected chi connectivity index (χ2v) is 12.7. The first-order chi connectivity index (χ1) is 17.5. The van der Waals surface area contributed by atoms with Crippen LogP contribution in [0.2, 0.25) is 0 Å². The topological polar surface area (TPSA) is 118 Å². The number of hydrogen-bond acceptors (Lipinski definition) is 8. The van der Waals surface area contributed by atoms with Crippen molar-refractivity contribution in [2.24, 2.45) is 0 Å². The Bertz CT molecular complexity index is 1280. The minimum absolute atomic E-state index is 0.140. The monoisotopic (exact) mass is 529 g/mol. The van der Waals surface area contributed by atoms with Crippen LogP contribution < -0.4 is 14.4 Å². The number of β-amino-alcohol motifs (C(OH)–C–C–N with tert-alkyl or cyclic N) is 1. The number of pyridine rings is 1. The molecule has 3 aliphatic rings. The standard InChI is InChI=1S/C27H35N3O6S/c1-18-6-4-7-21(19-10-12-26(2,3)35-17-19)24(18)36-27(13-14-27)25(32)29-37(33,34)23-9-5-8-22(28-23)30-15-11-20(31)16-30/h4-9,19-20,31H,10-17H2,1-3H3,(H,29,32)/t19-,20-/m0/s1. The highest BCUT2D eigenvalue weighted by molar-refractivity contribution is 7.90. The molecule has 1 aromatic heterocycles. The zero-order chi connectivity index (χ0) is 26.4. The minimum atomic E-state index is -4.21. The SMILES string of the molecule is Cc1cccc([C@H]2CCC(C)(C)OC2)c1OC1(C(=O)NS(=O)(=O)c2cccc(N3CC[C@H](O)C3)n2)CC1. The predicted molar refractivity (Wildman–Crippen MR) is 138 cm³/mol. The molecule has 0 spiro atoms. The lowest BCUT2D eigenvalue weighted by molar-refractivity contribution is -0.128. The number of rotatable bonds is 7. The summed E-state index contributed by atoms with van der Waals surface area (Å²) in [5.41, 5.74) is 0.484. The second kappa shape index (κ2) is 9.56. The molecule has 200 valence electrons. The number of hydrogen-bond donors (Lipinski definition) is 2. The Labute approximate surface area is 218 Å². The van der Waals surface area contributed by atoms with E-state index in [1.807, 2.05) is 30.0 Å². The number of carbonyl (C=O) groups excluding carboxylic acids is 1. The molecule has 0 radical (unpaired) electrons. The van der Waals surface area contributed by atoms with E-state index < -0.39 is 27.6 Å². The summed E-state index contributed by atoms with van der Waals surface area (Å²) in [5, 5.41) is 9.56. The van der Waals surface area contributed by atoms with Gasteiger partial charge in [-0.15, -0.1) is 0 Å². The number of benzene rings is 1. The molecule has 5 rings (SSSR count). The van der Waals surface area contributed by atoms with E-state index in [4.69, 9.17) is 9.47 Å². The van der Waals surface area contributed by atoms with Gasteiger partial charge in [0.05, 0.1) is 18.3 Å². The van der Waals surface area contributed by atoms with Crippen LogP contribution in [-0.2, 0) is 19.6 Å². The van der Waals surface area contributed by atoms with Gasteiger partial charge in [0.2, 0.25) is 0 Å². The third kappa shape index (κ3) is 5.46. The molecule has 2 atom stereocenters. The Morgan fingerprint density at radius 1 is 1.16 bits per heavy atom. The second-order valence-electron chi connectivity index (χ2n) is 11.1. The van der Waals surface area contributed by atoms with E-state index >= 15 is 0 Å². The molecule has 37 heavy (non-hydrogen) atoms. The maximum Gasteiger partial charge on any atom is 0.281 e. The number of carbonyl (C=O) groups is 1. The summed E-state index contributed by atoms with van der Waals surface area (Å²) in [5.74, 6) is 0.536. The Balaban J connectivity index is 1.33. The number of sulfonamides is 1. The van der Waals surface area contributed by atoms with E-state index in [0.29, 0.717) is 50.5 Å². The van der Waals surface area contributed by atoms with Crippen molar-refractivity contribution in [1.29, 1.82) is 0 Å². The fraction of sp³-hybridized carbons (Fsp3) is 0.556. The lowest BCUT2D eigenvalue weighted by Crippen LogP contribution is -2.44. The van der Waals surface area contributed by atoms with Crippen molar-refractivity contribution >= 4 is 21.7 Å². The molecule has 2 aromatic rings. The van der Waals surface area contributed by atoms with Crippen LogP contribution in [0.25, 0.3) is 0 Å². The van der Waals surface area contributed by atoms with Crippen LogP contribution in [-0.4, -0.2) is 61.4 Å². The predicted octanol–water partition coefficient (Wildman–Crippen LogP) is 3.05. The number of ether oxygens (including phenoxy) is 2. The normalized spacial score (nSPS) is 24.5. The van der Waals surface area contributed by atoms with Crippen molar-refractivity contribution in [3.8, 4) is 5.75 Å². The largest absolute Gasteiger partial charge is 0.477 e. The van der Waals surface area contributed by atoms with Gasteiger partial charge in [-0.25, -0.2) is 9.71 Å². The van der Waals surface area contributed by atoms with Gasteiger partial charge >= 0.3 is 0 Å². The fourth-order valence-corrected chi connectivity index (χ4v) is 6.02. The van der Waals surface area contributed by atoms with Crippen LogP contribution in [0, 0.1) is 6.92 Å². The van der Waals surface area contributed by atoms with Gasteiger partial charge in [0.15, 0.2) is 10.6 Å². The number of para-hydroxylation sites is 1. The molecule has 2 N–H and O–H groups in total. The van der Waals surface area contributed by atoms with Crippen LogP contribution in [0.1, 0.15) is 63.0 Å². The maximum atomic E-state index is 13.3. The molecule has 0 unspecified atom stereocenters. The molecular weight excluding hydrogens is 494 g/mol. The Kier molecular flexibility index (Phi) is 6.70. The van der Waals surface area contributed by atoms with Crippen molar-refractivity contribution in [3.05, 3.63) is 47.5 Å². The van der Waals surface area contributed by atoms with E-state index in [0.717, 1.165) is 24.0 Å². The highest BCUT2D eigenvalue weighted by atomic mass is 32.2. The molecule has 1 saturated carbocycles. The summed E-state index contributed by atoms with van der Waals surface area (Å²) >= 11 is 0. The first-order valence-corrected chi connectivity index (χ1v) is 14.4. The van der Waals surface area contributed by atoms with Gasteiger partial charge in [-0.2, -0.15) is 8.42 Å². The average Bonchev–Trinajstić information content (AvgIpc) is 3.52. The summed E-state index contributed by atoms with van der Waals surface area (Å²) in [6.45, 7) is 7.64. The summed E-state index contributed by atoms with van der Waals surface area (Å²) < 4.78 is 40.8. The Hall–Kier alpha value is -2.69. The van der Waals surface area contributed by atoms with E-state index in [9.17, 15) is 18.3 Å². The smallest absolute Gasteiger partial charge is 0.281 e. The van der Waals surface area contributed by atoms with E-state index in [-0.39, 0.29) is 16.5 Å². The molecule has 1 aliphatic carbocycles. The quantitative estimate of drug-likeness (QED) is 0.562. The van der Waals surface area contributed by atoms with Gasteiger partial charge in [-0.3, -0.25) is 4.79 Å². The van der Waals surface area contributed by atoms with Crippen LogP contribution in [0.4, 0.5) is 5.82 Å². The number of aliphatic hydroxyl groups is 1. The zero-order valence-electron chi connectivity index (χ0n) is 21.6. The van der Waals surface area contributed by atoms with Crippen LogP contribution >= 0.6 is 0 Å². The number of nitrogens with one attached hydrogen (secondary N) is 1. The van der Waals surface area contributed by atoms with Gasteiger partial charge in [-0.1, -0.05) is 24.3 Å². The van der Waals surface area contributed by atoms with E-state index in [2.05, 4.69) is 23.6 Å². The number of aromatic nitrogens is 1. The lowest BCUT2D eigenvalue weighted by atomic mass is 9.86. The van der Waals surface area contributed by atoms with Crippen molar-refractivity contribution in [1.82, 2.24) is 9.71 Å². The summed E-state index contributed by atoms with van der Waals surface area (Å²) in [7, 11) is -4.21.